The number of rotatable bonds is 2. The first-order chi connectivity index (χ1) is 15.6. The van der Waals surface area contributed by atoms with Gasteiger partial charge in [0.25, 0.3) is 11.5 Å². The predicted octanol–water partition coefficient (Wildman–Crippen LogP) is 3.12. The molecule has 10 heteroatoms. The Bertz CT molecular complexity index is 1550. The number of carbonyl (C=O) groups excluding carboxylic acids is 1. The zero-order valence-corrected chi connectivity index (χ0v) is 17.6. The number of imidazole rings is 1. The third-order valence-corrected chi connectivity index (χ3v) is 7.02. The number of piperazine rings is 1. The fraction of sp³-hybridized carbons (Fsp3) is 0.182. The highest BCUT2D eigenvalue weighted by atomic mass is 32.1. The number of aromatic amines is 2. The lowest BCUT2D eigenvalue weighted by Crippen LogP contribution is -2.49. The molecule has 1 aliphatic rings. The molecular weight excluding hydrogens is 431 g/mol. The van der Waals surface area contributed by atoms with Gasteiger partial charge in [0.2, 0.25) is 0 Å². The highest BCUT2D eigenvalue weighted by Crippen LogP contribution is 2.39. The number of pyridine rings is 1. The van der Waals surface area contributed by atoms with Crippen LogP contribution < -0.4 is 10.5 Å². The second kappa shape index (κ2) is 7.13. The van der Waals surface area contributed by atoms with Crippen LogP contribution >= 0.6 is 11.3 Å². The van der Waals surface area contributed by atoms with Crippen molar-refractivity contribution < 1.29 is 9.18 Å². The Hall–Kier alpha value is -3.79. The second-order valence-corrected chi connectivity index (χ2v) is 8.65. The number of nitrogens with one attached hydrogen (secondary N) is 2. The first kappa shape index (κ1) is 18.9. The van der Waals surface area contributed by atoms with Gasteiger partial charge in [0, 0.05) is 60.9 Å². The number of carbonyl (C=O) groups is 1. The number of hydrogen-bond acceptors (Lipinski definition) is 6. The normalized spacial score (nSPS) is 14.7. The Morgan fingerprint density at radius 2 is 1.88 bits per heavy atom. The Labute approximate surface area is 184 Å². The summed E-state index contributed by atoms with van der Waals surface area (Å²) in [4.78, 5) is 43.5. The standard InChI is InChI=1S/C22H17FN6O2S/c23-12-1-2-13-15(11-12)16-14(3-4-26-20(16)30)18-17(13)27-22(32-18)29-9-7-28(8-10-29)21(31)19-24-5-6-25-19/h1-6,11H,7-10H2,(H,24,25)(H,26,30). The summed E-state index contributed by atoms with van der Waals surface area (Å²) in [7, 11) is 0. The van der Waals surface area contributed by atoms with Gasteiger partial charge in [-0.05, 0) is 24.3 Å². The van der Waals surface area contributed by atoms with Gasteiger partial charge in [-0.25, -0.2) is 14.4 Å². The Balaban J connectivity index is 1.41. The van der Waals surface area contributed by atoms with E-state index in [0.29, 0.717) is 42.8 Å². The van der Waals surface area contributed by atoms with Gasteiger partial charge < -0.3 is 19.8 Å². The molecule has 4 heterocycles. The lowest BCUT2D eigenvalue weighted by Gasteiger charge is -2.34. The zero-order valence-electron chi connectivity index (χ0n) is 16.8. The van der Waals surface area contributed by atoms with Crippen LogP contribution in [0.4, 0.5) is 9.52 Å². The van der Waals surface area contributed by atoms with Gasteiger partial charge in [0.1, 0.15) is 5.82 Å². The van der Waals surface area contributed by atoms with Crippen LogP contribution in [0.3, 0.4) is 0 Å². The molecule has 0 bridgehead atoms. The smallest absolute Gasteiger partial charge is 0.289 e. The second-order valence-electron chi connectivity index (χ2n) is 7.68. The monoisotopic (exact) mass is 448 g/mol. The van der Waals surface area contributed by atoms with Gasteiger partial charge in [0.05, 0.1) is 15.6 Å². The van der Waals surface area contributed by atoms with Crippen molar-refractivity contribution in [2.24, 2.45) is 0 Å². The molecular formula is C22H17FN6O2S. The molecule has 2 N–H and O–H groups in total. The van der Waals surface area contributed by atoms with E-state index in [4.69, 9.17) is 4.98 Å². The summed E-state index contributed by atoms with van der Waals surface area (Å²) >= 11 is 1.51. The summed E-state index contributed by atoms with van der Waals surface area (Å²) in [5.74, 6) is -0.166. The van der Waals surface area contributed by atoms with Crippen molar-refractivity contribution in [1.29, 1.82) is 0 Å². The van der Waals surface area contributed by atoms with Crippen molar-refractivity contribution in [2.45, 2.75) is 0 Å². The lowest BCUT2D eigenvalue weighted by molar-refractivity contribution is 0.0735. The number of benzene rings is 2. The van der Waals surface area contributed by atoms with E-state index in [9.17, 15) is 14.0 Å². The molecule has 0 atom stereocenters. The van der Waals surface area contributed by atoms with E-state index in [0.717, 1.165) is 26.1 Å². The molecule has 0 unspecified atom stereocenters. The maximum Gasteiger partial charge on any atom is 0.289 e. The topological polar surface area (TPSA) is 98.0 Å². The van der Waals surface area contributed by atoms with Crippen molar-refractivity contribution >= 4 is 54.1 Å². The summed E-state index contributed by atoms with van der Waals surface area (Å²) < 4.78 is 14.9. The number of aromatic nitrogens is 4. The molecule has 2 aromatic carbocycles. The lowest BCUT2D eigenvalue weighted by atomic mass is 10.0. The largest absolute Gasteiger partial charge is 0.345 e. The van der Waals surface area contributed by atoms with Crippen LogP contribution in [-0.4, -0.2) is 56.9 Å². The molecule has 1 amide bonds. The number of H-pyrrole nitrogens is 2. The van der Waals surface area contributed by atoms with Crippen LogP contribution in [-0.2, 0) is 0 Å². The molecule has 160 valence electrons. The number of nitrogens with zero attached hydrogens (tertiary/aromatic N) is 4. The molecule has 1 aliphatic heterocycles. The van der Waals surface area contributed by atoms with Crippen molar-refractivity contribution in [3.8, 4) is 0 Å². The van der Waals surface area contributed by atoms with Crippen molar-refractivity contribution in [1.82, 2.24) is 24.8 Å². The molecule has 32 heavy (non-hydrogen) atoms. The van der Waals surface area contributed by atoms with Crippen LogP contribution in [0.1, 0.15) is 10.6 Å². The molecule has 0 radical (unpaired) electrons. The minimum atomic E-state index is -0.394. The third kappa shape index (κ3) is 2.87. The van der Waals surface area contributed by atoms with Gasteiger partial charge in [-0.15, -0.1) is 0 Å². The number of thiazole rings is 1. The number of hydrogen-bond donors (Lipinski definition) is 2. The number of amides is 1. The van der Waals surface area contributed by atoms with E-state index < -0.39 is 5.82 Å². The Kier molecular flexibility index (Phi) is 4.22. The number of anilines is 1. The average molecular weight is 448 g/mol. The number of halogens is 1. The van der Waals surface area contributed by atoms with E-state index in [1.165, 1.54) is 23.5 Å². The molecule has 1 saturated heterocycles. The van der Waals surface area contributed by atoms with E-state index >= 15 is 0 Å². The van der Waals surface area contributed by atoms with Crippen molar-refractivity contribution in [2.75, 3.05) is 31.1 Å². The summed E-state index contributed by atoms with van der Waals surface area (Å²) in [5.41, 5.74) is 0.507. The van der Waals surface area contributed by atoms with Gasteiger partial charge in [-0.1, -0.05) is 11.3 Å². The van der Waals surface area contributed by atoms with E-state index in [-0.39, 0.29) is 11.5 Å². The van der Waals surface area contributed by atoms with Gasteiger partial charge in [-0.2, -0.15) is 0 Å². The molecule has 0 spiro atoms. The SMILES string of the molecule is O=C(c1ncc[nH]1)N1CCN(c2nc3c4ccc(F)cc4c4c(=O)[nH]ccc4c3s2)CC1. The minimum Gasteiger partial charge on any atom is -0.345 e. The number of fused-ring (bicyclic) bond motifs is 6. The van der Waals surface area contributed by atoms with Crippen molar-refractivity contribution in [3.05, 3.63) is 64.9 Å². The van der Waals surface area contributed by atoms with Crippen LogP contribution in [0, 0.1) is 5.82 Å². The maximum atomic E-state index is 14.0. The Morgan fingerprint density at radius 3 is 2.66 bits per heavy atom. The molecule has 1 fully saturated rings. The van der Waals surface area contributed by atoms with Gasteiger partial charge in [0.15, 0.2) is 11.0 Å². The average Bonchev–Trinajstić information content (AvgIpc) is 3.49. The van der Waals surface area contributed by atoms with Crippen LogP contribution in [0.25, 0.3) is 31.8 Å². The van der Waals surface area contributed by atoms with Crippen LogP contribution in [0.15, 0.2) is 47.7 Å². The first-order valence-corrected chi connectivity index (χ1v) is 11.0. The fourth-order valence-corrected chi connectivity index (χ4v) is 5.47. The summed E-state index contributed by atoms with van der Waals surface area (Å²) in [6, 6.07) is 6.31. The van der Waals surface area contributed by atoms with Crippen molar-refractivity contribution in [3.63, 3.8) is 0 Å². The van der Waals surface area contributed by atoms with E-state index in [1.807, 2.05) is 6.07 Å². The predicted molar refractivity (Wildman–Crippen MR) is 122 cm³/mol. The molecule has 0 aliphatic carbocycles. The van der Waals surface area contributed by atoms with Gasteiger partial charge >= 0.3 is 0 Å². The third-order valence-electron chi connectivity index (χ3n) is 5.87. The van der Waals surface area contributed by atoms with E-state index in [1.54, 1.807) is 29.6 Å². The van der Waals surface area contributed by atoms with Crippen LogP contribution in [0.2, 0.25) is 0 Å². The fourth-order valence-electron chi connectivity index (χ4n) is 4.31. The van der Waals surface area contributed by atoms with Gasteiger partial charge in [-0.3, -0.25) is 9.59 Å². The summed E-state index contributed by atoms with van der Waals surface area (Å²) in [6.45, 7) is 2.39. The molecule has 8 nitrogen and oxygen atoms in total. The molecule has 5 aromatic rings. The van der Waals surface area contributed by atoms with E-state index in [2.05, 4.69) is 19.9 Å². The Morgan fingerprint density at radius 1 is 1.03 bits per heavy atom. The molecule has 6 rings (SSSR count). The maximum absolute atomic E-state index is 14.0. The summed E-state index contributed by atoms with van der Waals surface area (Å²) in [5, 5.41) is 3.36. The van der Waals surface area contributed by atoms with Crippen LogP contribution in [0.5, 0.6) is 0 Å². The molecule has 3 aromatic heterocycles. The zero-order chi connectivity index (χ0) is 21.8. The highest BCUT2D eigenvalue weighted by Gasteiger charge is 2.26. The summed E-state index contributed by atoms with van der Waals surface area (Å²) in [6.07, 6.45) is 4.81. The molecule has 0 saturated carbocycles. The highest BCUT2D eigenvalue weighted by molar-refractivity contribution is 7.23. The quantitative estimate of drug-likeness (QED) is 0.405. The minimum absolute atomic E-state index is 0.114. The first-order valence-electron chi connectivity index (χ1n) is 10.2.